The van der Waals surface area contributed by atoms with E-state index >= 15 is 0 Å². The van der Waals surface area contributed by atoms with Gasteiger partial charge in [0, 0.05) is 12.3 Å². The third-order valence-corrected chi connectivity index (χ3v) is 3.20. The van der Waals surface area contributed by atoms with Crippen LogP contribution < -0.4 is 0 Å². The van der Waals surface area contributed by atoms with Gasteiger partial charge in [0.25, 0.3) is 0 Å². The van der Waals surface area contributed by atoms with E-state index in [2.05, 4.69) is 20.4 Å². The molecule has 0 unspecified atom stereocenters. The van der Waals surface area contributed by atoms with Gasteiger partial charge in [-0.15, -0.1) is 5.10 Å². The Morgan fingerprint density at radius 1 is 1.28 bits per heavy atom. The van der Waals surface area contributed by atoms with Gasteiger partial charge in [0.2, 0.25) is 5.16 Å². The molecule has 0 amide bonds. The van der Waals surface area contributed by atoms with E-state index in [0.29, 0.717) is 0 Å². The maximum atomic E-state index is 9.25. The molecule has 1 N–H and O–H groups in total. The SMILES string of the molecule is CN(C)CCSc1nnnn1-c1ccc(O)cc1. The minimum absolute atomic E-state index is 0.230. The van der Waals surface area contributed by atoms with Gasteiger partial charge in [-0.3, -0.25) is 0 Å². The summed E-state index contributed by atoms with van der Waals surface area (Å²) in [6.45, 7) is 0.965. The van der Waals surface area contributed by atoms with E-state index in [4.69, 9.17) is 0 Å². The zero-order valence-electron chi connectivity index (χ0n) is 10.3. The lowest BCUT2D eigenvalue weighted by atomic mass is 10.3. The van der Waals surface area contributed by atoms with Crippen LogP contribution in [0.2, 0.25) is 0 Å². The molecule has 0 saturated heterocycles. The minimum Gasteiger partial charge on any atom is -0.508 e. The predicted molar refractivity (Wildman–Crippen MR) is 70.1 cm³/mol. The third kappa shape index (κ3) is 3.21. The van der Waals surface area contributed by atoms with Gasteiger partial charge >= 0.3 is 0 Å². The summed E-state index contributed by atoms with van der Waals surface area (Å²) < 4.78 is 1.67. The number of hydrogen-bond donors (Lipinski definition) is 1. The summed E-state index contributed by atoms with van der Waals surface area (Å²) in [5, 5.41) is 21.6. The summed E-state index contributed by atoms with van der Waals surface area (Å²) >= 11 is 1.60. The molecule has 0 aliphatic heterocycles. The molecule has 1 heterocycles. The van der Waals surface area contributed by atoms with E-state index in [1.807, 2.05) is 14.1 Å². The first-order chi connectivity index (χ1) is 8.66. The van der Waals surface area contributed by atoms with E-state index in [1.165, 1.54) is 0 Å². The summed E-state index contributed by atoms with van der Waals surface area (Å²) in [6, 6.07) is 6.79. The lowest BCUT2D eigenvalue weighted by molar-refractivity contribution is 0.437. The van der Waals surface area contributed by atoms with Crippen molar-refractivity contribution >= 4 is 11.8 Å². The highest BCUT2D eigenvalue weighted by molar-refractivity contribution is 7.99. The van der Waals surface area contributed by atoms with Crippen LogP contribution in [0.25, 0.3) is 5.69 Å². The van der Waals surface area contributed by atoms with E-state index in [1.54, 1.807) is 40.7 Å². The second kappa shape index (κ2) is 5.83. The van der Waals surface area contributed by atoms with Crippen molar-refractivity contribution in [2.24, 2.45) is 0 Å². The Bertz CT molecular complexity index is 496. The van der Waals surface area contributed by atoms with Gasteiger partial charge in [0.15, 0.2) is 0 Å². The van der Waals surface area contributed by atoms with Gasteiger partial charge in [-0.05, 0) is 48.8 Å². The number of tetrazole rings is 1. The number of phenols is 1. The Morgan fingerprint density at radius 2 is 2.00 bits per heavy atom. The van der Waals surface area contributed by atoms with Crippen molar-refractivity contribution in [2.45, 2.75) is 5.16 Å². The fraction of sp³-hybridized carbons (Fsp3) is 0.364. The number of hydrogen-bond acceptors (Lipinski definition) is 6. The molecule has 0 atom stereocenters. The maximum absolute atomic E-state index is 9.25. The second-order valence-corrected chi connectivity index (χ2v) is 5.10. The lowest BCUT2D eigenvalue weighted by Gasteiger charge is -2.08. The molecular weight excluding hydrogens is 250 g/mol. The quantitative estimate of drug-likeness (QED) is 0.814. The van der Waals surface area contributed by atoms with Crippen molar-refractivity contribution in [1.29, 1.82) is 0 Å². The van der Waals surface area contributed by atoms with Crippen molar-refractivity contribution in [3.05, 3.63) is 24.3 Å². The van der Waals surface area contributed by atoms with E-state index in [-0.39, 0.29) is 5.75 Å². The molecule has 0 bridgehead atoms. The molecule has 7 heteroatoms. The van der Waals surface area contributed by atoms with Crippen LogP contribution in [-0.2, 0) is 0 Å². The van der Waals surface area contributed by atoms with Crippen molar-refractivity contribution in [3.8, 4) is 11.4 Å². The molecule has 0 fully saturated rings. The Morgan fingerprint density at radius 3 is 2.67 bits per heavy atom. The molecule has 2 aromatic rings. The molecule has 96 valence electrons. The number of aromatic hydroxyl groups is 1. The van der Waals surface area contributed by atoms with Crippen LogP contribution in [0, 0.1) is 0 Å². The third-order valence-electron chi connectivity index (χ3n) is 2.30. The molecule has 0 aliphatic rings. The predicted octanol–water partition coefficient (Wildman–Crippen LogP) is 1.02. The van der Waals surface area contributed by atoms with Crippen molar-refractivity contribution in [2.75, 3.05) is 26.4 Å². The number of aromatic nitrogens is 4. The standard InChI is InChI=1S/C11H15N5OS/c1-15(2)7-8-18-11-12-13-14-16(11)9-3-5-10(17)6-4-9/h3-6,17H,7-8H2,1-2H3. The Kier molecular flexibility index (Phi) is 4.16. The van der Waals surface area contributed by atoms with Crippen LogP contribution in [0.1, 0.15) is 0 Å². The fourth-order valence-corrected chi connectivity index (χ4v) is 2.34. The highest BCUT2D eigenvalue weighted by atomic mass is 32.2. The molecular formula is C11H15N5OS. The average Bonchev–Trinajstić information content (AvgIpc) is 2.78. The smallest absolute Gasteiger partial charge is 0.214 e. The van der Waals surface area contributed by atoms with Gasteiger partial charge in [0.1, 0.15) is 5.75 Å². The molecule has 0 spiro atoms. The van der Waals surface area contributed by atoms with Gasteiger partial charge in [-0.2, -0.15) is 4.68 Å². The molecule has 1 aromatic carbocycles. The fourth-order valence-electron chi connectivity index (χ4n) is 1.34. The Hall–Kier alpha value is -1.60. The molecule has 6 nitrogen and oxygen atoms in total. The normalized spacial score (nSPS) is 11.1. The Labute approximate surface area is 110 Å². The number of thioether (sulfide) groups is 1. The summed E-state index contributed by atoms with van der Waals surface area (Å²) in [5.74, 6) is 1.15. The monoisotopic (exact) mass is 265 g/mol. The maximum Gasteiger partial charge on any atom is 0.214 e. The second-order valence-electron chi connectivity index (χ2n) is 4.04. The van der Waals surface area contributed by atoms with Gasteiger partial charge in [0.05, 0.1) is 5.69 Å². The topological polar surface area (TPSA) is 67.1 Å². The largest absolute Gasteiger partial charge is 0.508 e. The van der Waals surface area contributed by atoms with Crippen molar-refractivity contribution in [1.82, 2.24) is 25.1 Å². The van der Waals surface area contributed by atoms with Crippen LogP contribution >= 0.6 is 11.8 Å². The molecule has 0 aliphatic carbocycles. The lowest BCUT2D eigenvalue weighted by Crippen LogP contribution is -2.15. The van der Waals surface area contributed by atoms with E-state index in [9.17, 15) is 5.11 Å². The molecule has 0 saturated carbocycles. The molecule has 18 heavy (non-hydrogen) atoms. The van der Waals surface area contributed by atoms with Crippen LogP contribution in [0.4, 0.5) is 0 Å². The van der Waals surface area contributed by atoms with Gasteiger partial charge < -0.3 is 10.0 Å². The average molecular weight is 265 g/mol. The van der Waals surface area contributed by atoms with Crippen LogP contribution in [-0.4, -0.2) is 56.6 Å². The summed E-state index contributed by atoms with van der Waals surface area (Å²) in [7, 11) is 4.06. The van der Waals surface area contributed by atoms with Gasteiger partial charge in [-0.1, -0.05) is 11.8 Å². The van der Waals surface area contributed by atoms with Crippen LogP contribution in [0.15, 0.2) is 29.4 Å². The number of nitrogens with zero attached hydrogens (tertiary/aromatic N) is 5. The van der Waals surface area contributed by atoms with E-state index in [0.717, 1.165) is 23.1 Å². The highest BCUT2D eigenvalue weighted by Crippen LogP contribution is 2.19. The first-order valence-electron chi connectivity index (χ1n) is 5.52. The number of rotatable bonds is 5. The molecule has 0 radical (unpaired) electrons. The van der Waals surface area contributed by atoms with Crippen LogP contribution in [0.5, 0.6) is 5.75 Å². The summed E-state index contributed by atoms with van der Waals surface area (Å²) in [4.78, 5) is 2.11. The van der Waals surface area contributed by atoms with E-state index < -0.39 is 0 Å². The molecule has 1 aromatic heterocycles. The van der Waals surface area contributed by atoms with Crippen molar-refractivity contribution < 1.29 is 5.11 Å². The first kappa shape index (κ1) is 12.8. The zero-order chi connectivity index (χ0) is 13.0. The molecule has 2 rings (SSSR count). The summed E-state index contributed by atoms with van der Waals surface area (Å²) in [6.07, 6.45) is 0. The number of phenolic OH excluding ortho intramolecular Hbond substituents is 1. The highest BCUT2D eigenvalue weighted by Gasteiger charge is 2.08. The van der Waals surface area contributed by atoms with Crippen molar-refractivity contribution in [3.63, 3.8) is 0 Å². The zero-order valence-corrected chi connectivity index (χ0v) is 11.1. The Balaban J connectivity index is 2.10. The number of benzene rings is 1. The first-order valence-corrected chi connectivity index (χ1v) is 6.50. The van der Waals surface area contributed by atoms with Crippen LogP contribution in [0.3, 0.4) is 0 Å². The minimum atomic E-state index is 0.230. The van der Waals surface area contributed by atoms with Gasteiger partial charge in [-0.25, -0.2) is 0 Å². The summed E-state index contributed by atoms with van der Waals surface area (Å²) in [5.41, 5.74) is 0.838.